The van der Waals surface area contributed by atoms with E-state index in [1.807, 2.05) is 12.1 Å². The third-order valence-electron chi connectivity index (χ3n) is 4.50. The highest BCUT2D eigenvalue weighted by molar-refractivity contribution is 9.10. The summed E-state index contributed by atoms with van der Waals surface area (Å²) in [5.74, 6) is 1.31. The van der Waals surface area contributed by atoms with Crippen molar-refractivity contribution in [3.63, 3.8) is 0 Å². The number of hydrogen-bond acceptors (Lipinski definition) is 3. The lowest BCUT2D eigenvalue weighted by molar-refractivity contribution is -0.135. The summed E-state index contributed by atoms with van der Waals surface area (Å²) in [6.07, 6.45) is 3.03. The Balaban J connectivity index is 0.00000176. The molecule has 0 aromatic heterocycles. The average molecular weight is 390 g/mol. The molecule has 122 valence electrons. The van der Waals surface area contributed by atoms with E-state index in [1.54, 1.807) is 7.11 Å². The maximum Gasteiger partial charge on any atom is 0.227 e. The standard InChI is InChI=1S/C16H21BrN2O2.ClH/c1-21-15-5-4-12(17)9-13(15)14-3-2-8-19(14)16(20)11-6-7-18-10-11;/h4-5,9,11,14,18H,2-3,6-8,10H2,1H3;1H. The van der Waals surface area contributed by atoms with Gasteiger partial charge in [-0.25, -0.2) is 0 Å². The second kappa shape index (κ2) is 7.66. The molecule has 3 rings (SSSR count). The molecule has 2 heterocycles. The van der Waals surface area contributed by atoms with E-state index in [1.165, 1.54) is 0 Å². The smallest absolute Gasteiger partial charge is 0.227 e. The van der Waals surface area contributed by atoms with Crippen LogP contribution in [-0.4, -0.2) is 37.6 Å². The van der Waals surface area contributed by atoms with Crippen molar-refractivity contribution in [1.29, 1.82) is 0 Å². The van der Waals surface area contributed by atoms with Gasteiger partial charge in [0.25, 0.3) is 0 Å². The van der Waals surface area contributed by atoms with Crippen molar-refractivity contribution in [3.05, 3.63) is 28.2 Å². The lowest BCUT2D eigenvalue weighted by Gasteiger charge is -2.28. The molecule has 0 aliphatic carbocycles. The molecule has 0 bridgehead atoms. The first-order valence-corrected chi connectivity index (χ1v) is 8.34. The van der Waals surface area contributed by atoms with Crippen molar-refractivity contribution in [2.75, 3.05) is 26.7 Å². The maximum absolute atomic E-state index is 12.7. The third-order valence-corrected chi connectivity index (χ3v) is 4.99. The van der Waals surface area contributed by atoms with Crippen molar-refractivity contribution in [3.8, 4) is 5.75 Å². The monoisotopic (exact) mass is 388 g/mol. The van der Waals surface area contributed by atoms with Crippen LogP contribution in [0.1, 0.15) is 30.9 Å². The van der Waals surface area contributed by atoms with Gasteiger partial charge < -0.3 is 15.0 Å². The van der Waals surface area contributed by atoms with Crippen molar-refractivity contribution in [2.45, 2.75) is 25.3 Å². The van der Waals surface area contributed by atoms with Crippen LogP contribution in [-0.2, 0) is 4.79 Å². The van der Waals surface area contributed by atoms with Gasteiger partial charge >= 0.3 is 0 Å². The van der Waals surface area contributed by atoms with Crippen LogP contribution < -0.4 is 10.1 Å². The van der Waals surface area contributed by atoms with Gasteiger partial charge in [-0.05, 0) is 44.0 Å². The van der Waals surface area contributed by atoms with Crippen LogP contribution in [0.3, 0.4) is 0 Å². The molecule has 1 aromatic carbocycles. The predicted octanol–water partition coefficient (Wildman–Crippen LogP) is 3.15. The van der Waals surface area contributed by atoms with E-state index in [4.69, 9.17) is 4.74 Å². The van der Waals surface area contributed by atoms with E-state index in [9.17, 15) is 4.79 Å². The highest BCUT2D eigenvalue weighted by atomic mass is 79.9. The van der Waals surface area contributed by atoms with Gasteiger partial charge in [0.1, 0.15) is 5.75 Å². The summed E-state index contributed by atoms with van der Waals surface area (Å²) in [5.41, 5.74) is 1.11. The summed E-state index contributed by atoms with van der Waals surface area (Å²) in [4.78, 5) is 14.8. The number of likely N-dealkylation sites (tertiary alicyclic amines) is 1. The van der Waals surface area contributed by atoms with Gasteiger partial charge in [-0.2, -0.15) is 0 Å². The molecule has 2 aliphatic heterocycles. The fourth-order valence-corrected chi connectivity index (χ4v) is 3.80. The second-order valence-electron chi connectivity index (χ2n) is 5.77. The van der Waals surface area contributed by atoms with Crippen LogP contribution in [0.25, 0.3) is 0 Å². The molecule has 0 radical (unpaired) electrons. The summed E-state index contributed by atoms with van der Waals surface area (Å²) in [5, 5.41) is 3.28. The van der Waals surface area contributed by atoms with Gasteiger partial charge in [-0.1, -0.05) is 15.9 Å². The predicted molar refractivity (Wildman–Crippen MR) is 92.6 cm³/mol. The fraction of sp³-hybridized carbons (Fsp3) is 0.562. The summed E-state index contributed by atoms with van der Waals surface area (Å²) < 4.78 is 6.52. The highest BCUT2D eigenvalue weighted by Gasteiger charge is 2.36. The van der Waals surface area contributed by atoms with Crippen LogP contribution >= 0.6 is 28.3 Å². The van der Waals surface area contributed by atoms with E-state index >= 15 is 0 Å². The Kier molecular flexibility index (Phi) is 6.12. The summed E-state index contributed by atoms with van der Waals surface area (Å²) in [7, 11) is 1.69. The molecular weight excluding hydrogens is 368 g/mol. The average Bonchev–Trinajstić information content (AvgIpc) is 3.18. The maximum atomic E-state index is 12.7. The number of carbonyl (C=O) groups excluding carboxylic acids is 1. The number of nitrogens with zero attached hydrogens (tertiary/aromatic N) is 1. The lowest BCUT2D eigenvalue weighted by Crippen LogP contribution is -2.36. The van der Waals surface area contributed by atoms with E-state index in [2.05, 4.69) is 32.2 Å². The van der Waals surface area contributed by atoms with Crippen LogP contribution in [0, 0.1) is 5.92 Å². The first kappa shape index (κ1) is 17.6. The molecule has 2 aliphatic rings. The second-order valence-corrected chi connectivity index (χ2v) is 6.68. The third kappa shape index (κ3) is 3.42. The fourth-order valence-electron chi connectivity index (χ4n) is 3.42. The molecule has 6 heteroatoms. The van der Waals surface area contributed by atoms with Crippen molar-refractivity contribution >= 4 is 34.2 Å². The largest absolute Gasteiger partial charge is 0.496 e. The summed E-state index contributed by atoms with van der Waals surface area (Å²) in [6, 6.07) is 6.18. The number of hydrogen-bond donors (Lipinski definition) is 1. The SMILES string of the molecule is COc1ccc(Br)cc1C1CCCN1C(=O)C1CCNC1.Cl. The zero-order chi connectivity index (χ0) is 14.8. The van der Waals surface area contributed by atoms with Crippen LogP contribution in [0.2, 0.25) is 0 Å². The molecule has 0 spiro atoms. The molecule has 2 atom stereocenters. The zero-order valence-electron chi connectivity index (χ0n) is 12.7. The number of rotatable bonds is 3. The molecule has 22 heavy (non-hydrogen) atoms. The Hall–Kier alpha value is -0.780. The minimum absolute atomic E-state index is 0. The Morgan fingerprint density at radius 1 is 1.41 bits per heavy atom. The quantitative estimate of drug-likeness (QED) is 0.863. The number of methoxy groups -OCH3 is 1. The number of ether oxygens (including phenoxy) is 1. The highest BCUT2D eigenvalue weighted by Crippen LogP contribution is 2.39. The molecule has 2 fully saturated rings. The zero-order valence-corrected chi connectivity index (χ0v) is 15.1. The van der Waals surface area contributed by atoms with Gasteiger partial charge in [-0.15, -0.1) is 12.4 Å². The van der Waals surface area contributed by atoms with Crippen molar-refractivity contribution in [1.82, 2.24) is 10.2 Å². The molecule has 1 amide bonds. The topological polar surface area (TPSA) is 41.6 Å². The van der Waals surface area contributed by atoms with E-state index in [0.29, 0.717) is 5.91 Å². The number of halogens is 2. The Labute approximate surface area is 146 Å². The minimum Gasteiger partial charge on any atom is -0.496 e. The number of benzene rings is 1. The summed E-state index contributed by atoms with van der Waals surface area (Å²) in [6.45, 7) is 2.63. The molecule has 4 nitrogen and oxygen atoms in total. The van der Waals surface area contributed by atoms with Gasteiger partial charge in [0.15, 0.2) is 0 Å². The number of nitrogens with one attached hydrogen (secondary N) is 1. The van der Waals surface area contributed by atoms with Gasteiger partial charge in [0, 0.05) is 23.1 Å². The molecule has 2 unspecified atom stereocenters. The summed E-state index contributed by atoms with van der Waals surface area (Å²) >= 11 is 3.53. The minimum atomic E-state index is 0. The van der Waals surface area contributed by atoms with E-state index in [-0.39, 0.29) is 24.4 Å². The van der Waals surface area contributed by atoms with Crippen LogP contribution in [0.15, 0.2) is 22.7 Å². The Morgan fingerprint density at radius 3 is 2.91 bits per heavy atom. The van der Waals surface area contributed by atoms with Crippen LogP contribution in [0.5, 0.6) is 5.75 Å². The number of amides is 1. The first-order chi connectivity index (χ1) is 10.2. The number of carbonyl (C=O) groups is 1. The lowest BCUT2D eigenvalue weighted by atomic mass is 10.0. The van der Waals surface area contributed by atoms with Gasteiger partial charge in [0.2, 0.25) is 5.91 Å². The van der Waals surface area contributed by atoms with Crippen molar-refractivity contribution in [2.24, 2.45) is 5.92 Å². The molecule has 2 saturated heterocycles. The van der Waals surface area contributed by atoms with Gasteiger partial charge in [0.05, 0.1) is 19.1 Å². The Morgan fingerprint density at radius 2 is 2.23 bits per heavy atom. The van der Waals surface area contributed by atoms with Crippen molar-refractivity contribution < 1.29 is 9.53 Å². The molecule has 1 N–H and O–H groups in total. The van der Waals surface area contributed by atoms with E-state index in [0.717, 1.165) is 54.7 Å². The molecular formula is C16H22BrClN2O2. The van der Waals surface area contributed by atoms with Crippen LogP contribution in [0.4, 0.5) is 0 Å². The normalized spacial score (nSPS) is 24.2. The first-order valence-electron chi connectivity index (χ1n) is 7.55. The van der Waals surface area contributed by atoms with Gasteiger partial charge in [-0.3, -0.25) is 4.79 Å². The van der Waals surface area contributed by atoms with E-state index < -0.39 is 0 Å². The molecule has 1 aromatic rings. The Bertz CT molecular complexity index is 535. The molecule has 0 saturated carbocycles.